The Hall–Kier alpha value is -0.0800. The Morgan fingerprint density at radius 2 is 1.44 bits per heavy atom. The fraction of sp³-hybridized carbons (Fsp3) is 1.00. The molecule has 0 bridgehead atoms. The molecule has 16 heavy (non-hydrogen) atoms. The summed E-state index contributed by atoms with van der Waals surface area (Å²) in [5.74, 6) is 0.365. The Kier molecular flexibility index (Phi) is 5.03. The first kappa shape index (κ1) is 15.9. The molecule has 2 atom stereocenters. The molecule has 2 nitrogen and oxygen atoms in total. The standard InChI is InChI=1S/C12H24O.C2H6O/c1-9-10(2,3)7-8-11(4,5)12(9,6)13;1-2-3/h9,13H,7-8H2,1-6H3;3H,2H2,1H3. The third-order valence-corrected chi connectivity index (χ3v) is 4.78. The lowest BCUT2D eigenvalue weighted by molar-refractivity contribution is -0.161. The summed E-state index contributed by atoms with van der Waals surface area (Å²) in [6, 6.07) is 0. The lowest BCUT2D eigenvalue weighted by atomic mass is 9.53. The predicted molar refractivity (Wildman–Crippen MR) is 69.3 cm³/mol. The quantitative estimate of drug-likeness (QED) is 0.671. The minimum absolute atomic E-state index is 0.0575. The number of hydrogen-bond donors (Lipinski definition) is 2. The second-order valence-electron chi connectivity index (χ2n) is 6.56. The van der Waals surface area contributed by atoms with Crippen LogP contribution in [0.1, 0.15) is 61.3 Å². The van der Waals surface area contributed by atoms with Crippen molar-refractivity contribution < 1.29 is 10.2 Å². The van der Waals surface area contributed by atoms with Crippen LogP contribution >= 0.6 is 0 Å². The van der Waals surface area contributed by atoms with Crippen LogP contribution < -0.4 is 0 Å². The number of rotatable bonds is 0. The molecule has 0 aromatic carbocycles. The summed E-state index contributed by atoms with van der Waals surface area (Å²) < 4.78 is 0. The monoisotopic (exact) mass is 230 g/mol. The van der Waals surface area contributed by atoms with Gasteiger partial charge < -0.3 is 10.2 Å². The minimum atomic E-state index is -0.533. The van der Waals surface area contributed by atoms with Gasteiger partial charge in [-0.15, -0.1) is 0 Å². The van der Waals surface area contributed by atoms with Crippen LogP contribution in [0, 0.1) is 16.7 Å². The van der Waals surface area contributed by atoms with E-state index in [4.69, 9.17) is 5.11 Å². The van der Waals surface area contributed by atoms with E-state index in [0.29, 0.717) is 5.92 Å². The van der Waals surface area contributed by atoms with Gasteiger partial charge in [-0.2, -0.15) is 0 Å². The van der Waals surface area contributed by atoms with Crippen molar-refractivity contribution in [1.82, 2.24) is 0 Å². The molecule has 0 aromatic rings. The molecule has 1 rings (SSSR count). The van der Waals surface area contributed by atoms with Gasteiger partial charge >= 0.3 is 0 Å². The van der Waals surface area contributed by atoms with Crippen LogP contribution in [0.15, 0.2) is 0 Å². The second-order valence-corrected chi connectivity index (χ2v) is 6.56. The lowest BCUT2D eigenvalue weighted by Crippen LogP contribution is -2.55. The molecular weight excluding hydrogens is 200 g/mol. The van der Waals surface area contributed by atoms with E-state index in [-0.39, 0.29) is 17.4 Å². The van der Waals surface area contributed by atoms with Gasteiger partial charge in [0.05, 0.1) is 5.60 Å². The highest BCUT2D eigenvalue weighted by atomic mass is 16.3. The van der Waals surface area contributed by atoms with Crippen molar-refractivity contribution in [3.8, 4) is 0 Å². The zero-order valence-electron chi connectivity index (χ0n) is 12.1. The molecule has 0 aromatic heterocycles. The smallest absolute Gasteiger partial charge is 0.0700 e. The first-order valence-electron chi connectivity index (χ1n) is 6.36. The van der Waals surface area contributed by atoms with Crippen LogP contribution in [0.25, 0.3) is 0 Å². The molecule has 0 heterocycles. The molecule has 0 radical (unpaired) electrons. The molecule has 0 amide bonds. The van der Waals surface area contributed by atoms with Crippen molar-refractivity contribution >= 4 is 0 Å². The molecule has 0 aliphatic heterocycles. The second kappa shape index (κ2) is 5.05. The van der Waals surface area contributed by atoms with Crippen molar-refractivity contribution in [3.05, 3.63) is 0 Å². The Bertz CT molecular complexity index is 217. The lowest BCUT2D eigenvalue weighted by Gasteiger charge is -2.55. The van der Waals surface area contributed by atoms with E-state index in [9.17, 15) is 5.11 Å². The molecule has 1 aliphatic rings. The van der Waals surface area contributed by atoms with E-state index >= 15 is 0 Å². The summed E-state index contributed by atoms with van der Waals surface area (Å²) in [5, 5.41) is 18.1. The summed E-state index contributed by atoms with van der Waals surface area (Å²) in [6.07, 6.45) is 2.34. The molecular formula is C14H30O2. The van der Waals surface area contributed by atoms with Gasteiger partial charge in [0.1, 0.15) is 0 Å². The maximum absolute atomic E-state index is 10.5. The summed E-state index contributed by atoms with van der Waals surface area (Å²) in [5.41, 5.74) is -0.199. The van der Waals surface area contributed by atoms with E-state index in [2.05, 4.69) is 34.6 Å². The third kappa shape index (κ3) is 2.98. The molecule has 1 fully saturated rings. The number of aliphatic hydroxyl groups is 2. The highest BCUT2D eigenvalue weighted by Gasteiger charge is 2.52. The van der Waals surface area contributed by atoms with Crippen LogP contribution in [0.5, 0.6) is 0 Å². The number of aliphatic hydroxyl groups excluding tert-OH is 1. The van der Waals surface area contributed by atoms with Crippen LogP contribution in [-0.4, -0.2) is 22.4 Å². The average molecular weight is 230 g/mol. The van der Waals surface area contributed by atoms with Gasteiger partial charge in [0, 0.05) is 6.61 Å². The molecule has 0 spiro atoms. The Morgan fingerprint density at radius 1 is 1.06 bits per heavy atom. The Labute approximate surface area is 101 Å². The summed E-state index contributed by atoms with van der Waals surface area (Å²) in [6.45, 7) is 15.0. The van der Waals surface area contributed by atoms with Gasteiger partial charge in [-0.05, 0) is 43.4 Å². The van der Waals surface area contributed by atoms with E-state index < -0.39 is 5.60 Å². The van der Waals surface area contributed by atoms with Crippen LogP contribution in [-0.2, 0) is 0 Å². The zero-order chi connectivity index (χ0) is 13.2. The van der Waals surface area contributed by atoms with Crippen molar-refractivity contribution in [2.24, 2.45) is 16.7 Å². The molecule has 98 valence electrons. The first-order chi connectivity index (χ1) is 7.03. The largest absolute Gasteiger partial charge is 0.397 e. The highest BCUT2D eigenvalue weighted by molar-refractivity contribution is 5.02. The van der Waals surface area contributed by atoms with Gasteiger partial charge in [0.2, 0.25) is 0 Å². The van der Waals surface area contributed by atoms with Crippen molar-refractivity contribution in [1.29, 1.82) is 0 Å². The first-order valence-corrected chi connectivity index (χ1v) is 6.36. The Morgan fingerprint density at radius 3 is 1.75 bits per heavy atom. The van der Waals surface area contributed by atoms with Gasteiger partial charge in [0.15, 0.2) is 0 Å². The van der Waals surface area contributed by atoms with Crippen LogP contribution in [0.2, 0.25) is 0 Å². The molecule has 0 saturated heterocycles. The number of hydrogen-bond acceptors (Lipinski definition) is 2. The minimum Gasteiger partial charge on any atom is -0.397 e. The van der Waals surface area contributed by atoms with Gasteiger partial charge in [-0.25, -0.2) is 0 Å². The fourth-order valence-electron chi connectivity index (χ4n) is 2.45. The normalized spacial score (nSPS) is 36.2. The van der Waals surface area contributed by atoms with E-state index in [0.717, 1.165) is 6.42 Å². The van der Waals surface area contributed by atoms with E-state index in [1.54, 1.807) is 6.92 Å². The van der Waals surface area contributed by atoms with Crippen LogP contribution in [0.3, 0.4) is 0 Å². The van der Waals surface area contributed by atoms with Gasteiger partial charge in [0.25, 0.3) is 0 Å². The molecule has 1 saturated carbocycles. The van der Waals surface area contributed by atoms with Crippen LogP contribution in [0.4, 0.5) is 0 Å². The molecule has 2 heteroatoms. The highest BCUT2D eigenvalue weighted by Crippen LogP contribution is 2.54. The maximum Gasteiger partial charge on any atom is 0.0700 e. The fourth-order valence-corrected chi connectivity index (χ4v) is 2.45. The Balaban J connectivity index is 0.000000673. The van der Waals surface area contributed by atoms with E-state index in [1.165, 1.54) is 6.42 Å². The summed E-state index contributed by atoms with van der Waals surface area (Å²) in [7, 11) is 0. The van der Waals surface area contributed by atoms with Gasteiger partial charge in [-0.1, -0.05) is 34.6 Å². The summed E-state index contributed by atoms with van der Waals surface area (Å²) >= 11 is 0. The SMILES string of the molecule is CC1C(C)(C)CCC(C)(C)C1(C)O.CCO. The zero-order valence-corrected chi connectivity index (χ0v) is 12.1. The predicted octanol–water partition coefficient (Wildman–Crippen LogP) is 3.22. The topological polar surface area (TPSA) is 40.5 Å². The molecule has 1 aliphatic carbocycles. The van der Waals surface area contributed by atoms with Gasteiger partial charge in [-0.3, -0.25) is 0 Å². The average Bonchev–Trinajstić information content (AvgIpc) is 2.13. The van der Waals surface area contributed by atoms with E-state index in [1.807, 2.05) is 6.92 Å². The third-order valence-electron chi connectivity index (χ3n) is 4.78. The van der Waals surface area contributed by atoms with Crippen molar-refractivity contribution in [2.45, 2.75) is 66.9 Å². The van der Waals surface area contributed by atoms with Crippen molar-refractivity contribution in [3.63, 3.8) is 0 Å². The summed E-state index contributed by atoms with van der Waals surface area (Å²) in [4.78, 5) is 0. The molecule has 2 N–H and O–H groups in total. The van der Waals surface area contributed by atoms with Crippen molar-refractivity contribution in [2.75, 3.05) is 6.61 Å². The molecule has 2 unspecified atom stereocenters. The maximum atomic E-state index is 10.5.